The zero-order valence-electron chi connectivity index (χ0n) is 29.6. The third kappa shape index (κ3) is 4.02. The van der Waals surface area contributed by atoms with Crippen molar-refractivity contribution in [3.05, 3.63) is 169 Å². The number of fused-ring (bicyclic) bond motifs is 13. The largest absolute Gasteiger partial charge is 0.456 e. The van der Waals surface area contributed by atoms with Gasteiger partial charge in [-0.1, -0.05) is 84.9 Å². The molecule has 12 aromatic rings. The normalized spacial score (nSPS) is 11.9. The number of nitriles is 2. The lowest BCUT2D eigenvalue weighted by Gasteiger charge is -2.18. The third-order valence-electron chi connectivity index (χ3n) is 11.4. The average Bonchev–Trinajstić information content (AvgIpc) is 3.99. The highest BCUT2D eigenvalue weighted by molar-refractivity contribution is 6.25. The van der Waals surface area contributed by atoms with Gasteiger partial charge in [-0.15, -0.1) is 0 Å². The number of nitrogens with zero attached hydrogens (tertiary/aromatic N) is 4. The van der Waals surface area contributed by atoms with E-state index in [0.717, 1.165) is 98.9 Å². The van der Waals surface area contributed by atoms with Crippen LogP contribution in [0.3, 0.4) is 0 Å². The Morgan fingerprint density at radius 3 is 1.86 bits per heavy atom. The highest BCUT2D eigenvalue weighted by Crippen LogP contribution is 2.44. The monoisotopic (exact) mass is 714 g/mol. The molecule has 0 aliphatic carbocycles. The number of rotatable bonds is 3. The van der Waals surface area contributed by atoms with E-state index in [-0.39, 0.29) is 0 Å². The van der Waals surface area contributed by atoms with Gasteiger partial charge in [-0.05, 0) is 72.8 Å². The van der Waals surface area contributed by atoms with Crippen LogP contribution in [0.5, 0.6) is 0 Å². The van der Waals surface area contributed by atoms with E-state index in [0.29, 0.717) is 22.3 Å². The standard InChI is InChI=1S/C50H26N4O2/c51-27-29-10-9-17-42(54-41-16-6-1-11-33(41)36-22-23-46-49(50(36)54)37-14-4-8-19-45(37)55-46)48(29)32-21-20-31(24-30(32)28-52)53-40-15-5-2-12-34(40)38-26-47-39(25-43(38)53)35-13-3-7-18-44(35)56-47/h1-26H. The molecule has 0 saturated heterocycles. The SMILES string of the molecule is N#Cc1cc(-n2c3ccccc3c3cc4oc5ccccc5c4cc32)ccc1-c1c(C#N)cccc1-n1c2ccccc2c2ccc3oc4ccccc4c3c21. The van der Waals surface area contributed by atoms with Crippen LogP contribution in [0, 0.1) is 22.7 Å². The number of furan rings is 2. The molecule has 8 aromatic carbocycles. The van der Waals surface area contributed by atoms with Crippen LogP contribution in [0.25, 0.3) is 110 Å². The minimum atomic E-state index is 0.465. The first-order valence-corrected chi connectivity index (χ1v) is 18.5. The van der Waals surface area contributed by atoms with Crippen molar-refractivity contribution in [3.63, 3.8) is 0 Å². The van der Waals surface area contributed by atoms with E-state index in [9.17, 15) is 10.5 Å². The van der Waals surface area contributed by atoms with Gasteiger partial charge in [0.05, 0.1) is 56.4 Å². The van der Waals surface area contributed by atoms with Gasteiger partial charge in [0.1, 0.15) is 22.3 Å². The molecule has 258 valence electrons. The summed E-state index contributed by atoms with van der Waals surface area (Å²) in [5.74, 6) is 0. The molecular weight excluding hydrogens is 689 g/mol. The van der Waals surface area contributed by atoms with Gasteiger partial charge in [-0.2, -0.15) is 10.5 Å². The summed E-state index contributed by atoms with van der Waals surface area (Å²) < 4.78 is 17.1. The minimum absolute atomic E-state index is 0.465. The minimum Gasteiger partial charge on any atom is -0.456 e. The van der Waals surface area contributed by atoms with Crippen molar-refractivity contribution < 1.29 is 8.83 Å². The van der Waals surface area contributed by atoms with Crippen molar-refractivity contribution in [2.45, 2.75) is 0 Å². The summed E-state index contributed by atoms with van der Waals surface area (Å²) in [5.41, 5.74) is 11.3. The van der Waals surface area contributed by atoms with Crippen LogP contribution in [-0.2, 0) is 0 Å². The first kappa shape index (κ1) is 30.4. The highest BCUT2D eigenvalue weighted by Gasteiger charge is 2.24. The van der Waals surface area contributed by atoms with Crippen molar-refractivity contribution in [2.24, 2.45) is 0 Å². The Balaban J connectivity index is 1.14. The Morgan fingerprint density at radius 1 is 0.411 bits per heavy atom. The second kappa shape index (κ2) is 11.2. The Labute approximate surface area is 318 Å². The van der Waals surface area contributed by atoms with Crippen LogP contribution in [0.1, 0.15) is 11.1 Å². The van der Waals surface area contributed by atoms with Crippen LogP contribution in [-0.4, -0.2) is 9.13 Å². The van der Waals surface area contributed by atoms with Crippen LogP contribution < -0.4 is 0 Å². The summed E-state index contributed by atoms with van der Waals surface area (Å²) in [6.07, 6.45) is 0. The maximum Gasteiger partial charge on any atom is 0.137 e. The van der Waals surface area contributed by atoms with Crippen LogP contribution in [0.4, 0.5) is 0 Å². The van der Waals surface area contributed by atoms with E-state index < -0.39 is 0 Å². The molecular formula is C50H26N4O2. The fourth-order valence-corrected chi connectivity index (χ4v) is 9.06. The van der Waals surface area contributed by atoms with Gasteiger partial charge in [-0.25, -0.2) is 0 Å². The lowest BCUT2D eigenvalue weighted by molar-refractivity contribution is 0.669. The number of hydrogen-bond acceptors (Lipinski definition) is 4. The molecule has 0 aliphatic heterocycles. The van der Waals surface area contributed by atoms with E-state index in [1.165, 1.54) is 0 Å². The van der Waals surface area contributed by atoms with Gasteiger partial charge in [0.25, 0.3) is 0 Å². The first-order chi connectivity index (χ1) is 27.7. The molecule has 0 saturated carbocycles. The van der Waals surface area contributed by atoms with Crippen molar-refractivity contribution in [3.8, 4) is 34.6 Å². The van der Waals surface area contributed by atoms with Gasteiger partial charge in [0.2, 0.25) is 0 Å². The van der Waals surface area contributed by atoms with Gasteiger partial charge in [-0.3, -0.25) is 0 Å². The summed E-state index contributed by atoms with van der Waals surface area (Å²) in [6.45, 7) is 0. The molecule has 0 spiro atoms. The Kier molecular flexibility index (Phi) is 6.10. The predicted molar refractivity (Wildman–Crippen MR) is 225 cm³/mol. The molecule has 0 aliphatic rings. The summed E-state index contributed by atoms with van der Waals surface area (Å²) >= 11 is 0. The van der Waals surface area contributed by atoms with Gasteiger partial charge >= 0.3 is 0 Å². The van der Waals surface area contributed by atoms with Crippen molar-refractivity contribution in [1.82, 2.24) is 9.13 Å². The third-order valence-corrected chi connectivity index (χ3v) is 11.4. The fraction of sp³-hybridized carbons (Fsp3) is 0. The second-order valence-electron chi connectivity index (χ2n) is 14.3. The van der Waals surface area contributed by atoms with Crippen LogP contribution in [0.2, 0.25) is 0 Å². The van der Waals surface area contributed by atoms with E-state index in [1.54, 1.807) is 0 Å². The zero-order valence-corrected chi connectivity index (χ0v) is 29.6. The first-order valence-electron chi connectivity index (χ1n) is 18.5. The number of aromatic nitrogens is 2. The Morgan fingerprint density at radius 2 is 1.07 bits per heavy atom. The fourth-order valence-electron chi connectivity index (χ4n) is 9.06. The molecule has 0 radical (unpaired) electrons. The number of para-hydroxylation sites is 4. The topological polar surface area (TPSA) is 83.7 Å². The van der Waals surface area contributed by atoms with Gasteiger partial charge in [0.15, 0.2) is 0 Å². The molecule has 4 aromatic heterocycles. The quantitative estimate of drug-likeness (QED) is 0.182. The predicted octanol–water partition coefficient (Wildman–Crippen LogP) is 13.1. The molecule has 6 nitrogen and oxygen atoms in total. The zero-order chi connectivity index (χ0) is 37.1. The smallest absolute Gasteiger partial charge is 0.137 e. The van der Waals surface area contributed by atoms with E-state index in [1.807, 2.05) is 91.0 Å². The average molecular weight is 715 g/mol. The maximum atomic E-state index is 10.9. The Hall–Kier alpha value is -8.06. The lowest BCUT2D eigenvalue weighted by Crippen LogP contribution is -2.02. The number of benzene rings is 8. The molecule has 0 amide bonds. The molecule has 12 rings (SSSR count). The molecule has 0 fully saturated rings. The maximum absolute atomic E-state index is 10.9. The van der Waals surface area contributed by atoms with Crippen molar-refractivity contribution in [1.29, 1.82) is 10.5 Å². The van der Waals surface area contributed by atoms with Crippen molar-refractivity contribution >= 4 is 87.5 Å². The van der Waals surface area contributed by atoms with Gasteiger partial charge < -0.3 is 18.0 Å². The molecule has 0 bridgehead atoms. The number of hydrogen-bond donors (Lipinski definition) is 0. The van der Waals surface area contributed by atoms with Crippen molar-refractivity contribution in [2.75, 3.05) is 0 Å². The van der Waals surface area contributed by atoms with Gasteiger partial charge in [0, 0.05) is 54.5 Å². The molecule has 56 heavy (non-hydrogen) atoms. The highest BCUT2D eigenvalue weighted by atomic mass is 16.3. The second-order valence-corrected chi connectivity index (χ2v) is 14.3. The Bertz CT molecular complexity index is 3750. The molecule has 0 unspecified atom stereocenters. The molecule has 0 atom stereocenters. The van der Waals surface area contributed by atoms with Crippen LogP contribution >= 0.6 is 0 Å². The van der Waals surface area contributed by atoms with E-state index in [4.69, 9.17) is 8.83 Å². The molecule has 6 heteroatoms. The summed E-state index contributed by atoms with van der Waals surface area (Å²) in [6, 6.07) is 58.2. The molecule has 4 heterocycles. The molecule has 0 N–H and O–H groups in total. The summed E-state index contributed by atoms with van der Waals surface area (Å²) in [4.78, 5) is 0. The summed E-state index contributed by atoms with van der Waals surface area (Å²) in [5, 5.41) is 30.1. The van der Waals surface area contributed by atoms with E-state index >= 15 is 0 Å². The van der Waals surface area contributed by atoms with E-state index in [2.05, 4.69) is 88.0 Å². The van der Waals surface area contributed by atoms with Crippen LogP contribution in [0.15, 0.2) is 167 Å². The summed E-state index contributed by atoms with van der Waals surface area (Å²) in [7, 11) is 0. The lowest BCUT2D eigenvalue weighted by atomic mass is 9.93.